The number of rotatable bonds is 7. The number of nitrogens with one attached hydrogen (secondary N) is 1. The molecule has 1 saturated carbocycles. The van der Waals surface area contributed by atoms with Gasteiger partial charge >= 0.3 is 0 Å². The maximum absolute atomic E-state index is 13.1. The molecule has 1 aromatic rings. The standard InChI is InChI=1S/C19H27FN2O3S2/c20-16-7-9-18(10-8-16)27(24,25)22-12-3-4-15(14-22)19(23)21-11-13-26-17-5-1-2-6-17/h7-10,15,17H,1-6,11-14H2,(H,21,23). The molecular formula is C19H27FN2O3S2. The zero-order valence-electron chi connectivity index (χ0n) is 15.4. The minimum atomic E-state index is -3.70. The Labute approximate surface area is 165 Å². The highest BCUT2D eigenvalue weighted by Gasteiger charge is 2.33. The van der Waals surface area contributed by atoms with Crippen molar-refractivity contribution in [1.29, 1.82) is 0 Å². The van der Waals surface area contributed by atoms with Crippen molar-refractivity contribution in [2.75, 3.05) is 25.4 Å². The molecule has 5 nitrogen and oxygen atoms in total. The van der Waals surface area contributed by atoms with Crippen LogP contribution in [0.1, 0.15) is 38.5 Å². The second-order valence-corrected chi connectivity index (χ2v) is 10.6. The summed E-state index contributed by atoms with van der Waals surface area (Å²) in [5.41, 5.74) is 0. The number of hydrogen-bond acceptors (Lipinski definition) is 4. The highest BCUT2D eigenvalue weighted by atomic mass is 32.2. The molecule has 1 aliphatic heterocycles. The number of thioether (sulfide) groups is 1. The van der Waals surface area contributed by atoms with E-state index in [0.717, 1.165) is 23.1 Å². The average molecular weight is 415 g/mol. The van der Waals surface area contributed by atoms with Crippen LogP contribution in [0.2, 0.25) is 0 Å². The van der Waals surface area contributed by atoms with Crippen LogP contribution in [-0.2, 0) is 14.8 Å². The van der Waals surface area contributed by atoms with E-state index < -0.39 is 15.8 Å². The largest absolute Gasteiger partial charge is 0.355 e. The fraction of sp³-hybridized carbons (Fsp3) is 0.632. The Morgan fingerprint density at radius 3 is 2.56 bits per heavy atom. The van der Waals surface area contributed by atoms with Crippen LogP contribution < -0.4 is 5.32 Å². The van der Waals surface area contributed by atoms with Crippen molar-refractivity contribution in [2.24, 2.45) is 5.92 Å². The molecule has 1 unspecified atom stereocenters. The van der Waals surface area contributed by atoms with Gasteiger partial charge in [0.25, 0.3) is 0 Å². The van der Waals surface area contributed by atoms with E-state index in [4.69, 9.17) is 0 Å². The minimum Gasteiger partial charge on any atom is -0.355 e. The van der Waals surface area contributed by atoms with Gasteiger partial charge in [0.1, 0.15) is 5.82 Å². The molecule has 0 aromatic heterocycles. The van der Waals surface area contributed by atoms with Crippen molar-refractivity contribution in [3.8, 4) is 0 Å². The first-order chi connectivity index (χ1) is 13.0. The molecule has 8 heteroatoms. The Morgan fingerprint density at radius 2 is 1.85 bits per heavy atom. The second-order valence-electron chi connectivity index (χ2n) is 7.22. The van der Waals surface area contributed by atoms with Gasteiger partial charge in [-0.15, -0.1) is 0 Å². The third kappa shape index (κ3) is 5.45. The molecule has 3 rings (SSSR count). The van der Waals surface area contributed by atoms with Crippen LogP contribution in [0, 0.1) is 11.7 Å². The van der Waals surface area contributed by atoms with Crippen molar-refractivity contribution in [3.05, 3.63) is 30.1 Å². The molecule has 1 atom stereocenters. The molecule has 27 heavy (non-hydrogen) atoms. The predicted molar refractivity (Wildman–Crippen MR) is 106 cm³/mol. The average Bonchev–Trinajstić information content (AvgIpc) is 3.19. The van der Waals surface area contributed by atoms with Crippen LogP contribution in [0.15, 0.2) is 29.2 Å². The maximum atomic E-state index is 13.1. The first kappa shape index (κ1) is 20.6. The molecule has 1 N–H and O–H groups in total. The van der Waals surface area contributed by atoms with Crippen molar-refractivity contribution in [2.45, 2.75) is 48.7 Å². The van der Waals surface area contributed by atoms with E-state index in [0.29, 0.717) is 25.9 Å². The van der Waals surface area contributed by atoms with E-state index in [9.17, 15) is 17.6 Å². The molecule has 1 aliphatic carbocycles. The number of hydrogen-bond donors (Lipinski definition) is 1. The van der Waals surface area contributed by atoms with Crippen LogP contribution in [-0.4, -0.2) is 49.3 Å². The van der Waals surface area contributed by atoms with Gasteiger partial charge in [0.05, 0.1) is 10.8 Å². The topological polar surface area (TPSA) is 66.5 Å². The normalized spacial score (nSPS) is 22.0. The SMILES string of the molecule is O=C(NCCSC1CCCC1)C1CCCN(S(=O)(=O)c2ccc(F)cc2)C1. The number of halogens is 1. The second kappa shape index (κ2) is 9.39. The Hall–Kier alpha value is -1.12. The number of carbonyl (C=O) groups is 1. The van der Waals surface area contributed by atoms with Crippen LogP contribution in [0.4, 0.5) is 4.39 Å². The molecule has 2 fully saturated rings. The summed E-state index contributed by atoms with van der Waals surface area (Å²) in [6.45, 7) is 1.20. The fourth-order valence-electron chi connectivity index (χ4n) is 3.73. The van der Waals surface area contributed by atoms with Crippen LogP contribution in [0.25, 0.3) is 0 Å². The fourth-order valence-corrected chi connectivity index (χ4v) is 6.47. The smallest absolute Gasteiger partial charge is 0.243 e. The lowest BCUT2D eigenvalue weighted by Gasteiger charge is -2.31. The third-order valence-electron chi connectivity index (χ3n) is 5.26. The Bertz CT molecular complexity index is 734. The summed E-state index contributed by atoms with van der Waals surface area (Å²) in [5, 5.41) is 3.69. The first-order valence-corrected chi connectivity index (χ1v) is 12.1. The summed E-state index contributed by atoms with van der Waals surface area (Å²) in [7, 11) is -3.70. The highest BCUT2D eigenvalue weighted by Crippen LogP contribution is 2.29. The molecule has 1 aromatic carbocycles. The summed E-state index contributed by atoms with van der Waals surface area (Å²) in [5.74, 6) is 0.0348. The molecule has 2 aliphatic rings. The van der Waals surface area contributed by atoms with Gasteiger partial charge in [0, 0.05) is 30.6 Å². The van der Waals surface area contributed by atoms with Crippen molar-refractivity contribution < 1.29 is 17.6 Å². The van der Waals surface area contributed by atoms with Gasteiger partial charge in [0.15, 0.2) is 0 Å². The highest BCUT2D eigenvalue weighted by molar-refractivity contribution is 7.99. The molecule has 1 heterocycles. The summed E-state index contributed by atoms with van der Waals surface area (Å²) < 4.78 is 39.9. The first-order valence-electron chi connectivity index (χ1n) is 9.62. The number of sulfonamides is 1. The molecule has 0 bridgehead atoms. The van der Waals surface area contributed by atoms with Crippen LogP contribution >= 0.6 is 11.8 Å². The lowest BCUT2D eigenvalue weighted by molar-refractivity contribution is -0.125. The van der Waals surface area contributed by atoms with E-state index in [1.54, 1.807) is 0 Å². The lowest BCUT2D eigenvalue weighted by Crippen LogP contribution is -2.45. The predicted octanol–water partition coefficient (Wildman–Crippen LogP) is 3.02. The van der Waals surface area contributed by atoms with Gasteiger partial charge < -0.3 is 5.32 Å². The van der Waals surface area contributed by atoms with E-state index >= 15 is 0 Å². The maximum Gasteiger partial charge on any atom is 0.243 e. The zero-order valence-corrected chi connectivity index (χ0v) is 17.0. The van der Waals surface area contributed by atoms with Gasteiger partial charge in [-0.1, -0.05) is 12.8 Å². The van der Waals surface area contributed by atoms with E-state index in [1.807, 2.05) is 11.8 Å². The Balaban J connectivity index is 1.50. The molecule has 0 radical (unpaired) electrons. The van der Waals surface area contributed by atoms with Crippen molar-refractivity contribution in [3.63, 3.8) is 0 Å². The lowest BCUT2D eigenvalue weighted by atomic mass is 9.99. The Kier molecular flexibility index (Phi) is 7.16. The number of carbonyl (C=O) groups excluding carboxylic acids is 1. The van der Waals surface area contributed by atoms with Gasteiger partial charge in [-0.2, -0.15) is 16.1 Å². The monoisotopic (exact) mass is 414 g/mol. The number of amides is 1. The van der Waals surface area contributed by atoms with Gasteiger partial charge in [0.2, 0.25) is 15.9 Å². The van der Waals surface area contributed by atoms with Gasteiger partial charge in [-0.3, -0.25) is 4.79 Å². The summed E-state index contributed by atoms with van der Waals surface area (Å²) in [4.78, 5) is 12.5. The number of piperidine rings is 1. The van der Waals surface area contributed by atoms with Gasteiger partial charge in [-0.05, 0) is 49.9 Å². The molecular weight excluding hydrogens is 387 g/mol. The molecule has 0 spiro atoms. The van der Waals surface area contributed by atoms with Crippen LogP contribution in [0.3, 0.4) is 0 Å². The van der Waals surface area contributed by atoms with Crippen LogP contribution in [0.5, 0.6) is 0 Å². The summed E-state index contributed by atoms with van der Waals surface area (Å²) in [6.07, 6.45) is 6.51. The third-order valence-corrected chi connectivity index (χ3v) is 8.53. The Morgan fingerprint density at radius 1 is 1.15 bits per heavy atom. The van der Waals surface area contributed by atoms with E-state index in [1.165, 1.54) is 42.1 Å². The van der Waals surface area contributed by atoms with Gasteiger partial charge in [-0.25, -0.2) is 12.8 Å². The number of benzene rings is 1. The van der Waals surface area contributed by atoms with E-state index in [2.05, 4.69) is 5.32 Å². The summed E-state index contributed by atoms with van der Waals surface area (Å²) >= 11 is 1.92. The number of nitrogens with zero attached hydrogens (tertiary/aromatic N) is 1. The minimum absolute atomic E-state index is 0.0675. The quantitative estimate of drug-likeness (QED) is 0.697. The summed E-state index contributed by atoms with van der Waals surface area (Å²) in [6, 6.07) is 4.83. The molecule has 150 valence electrons. The van der Waals surface area contributed by atoms with E-state index in [-0.39, 0.29) is 23.3 Å². The molecule has 1 amide bonds. The zero-order chi connectivity index (χ0) is 19.3. The van der Waals surface area contributed by atoms with Crippen molar-refractivity contribution in [1.82, 2.24) is 9.62 Å². The molecule has 1 saturated heterocycles. The van der Waals surface area contributed by atoms with Crippen molar-refractivity contribution >= 4 is 27.7 Å².